The van der Waals surface area contributed by atoms with Crippen molar-refractivity contribution in [3.8, 4) is 0 Å². The Morgan fingerprint density at radius 1 is 1.16 bits per heavy atom. The number of likely N-dealkylation sites (tertiary alicyclic amines) is 1. The summed E-state index contributed by atoms with van der Waals surface area (Å²) in [6.45, 7) is 1.68. The van der Waals surface area contributed by atoms with E-state index in [0.29, 0.717) is 12.0 Å². The predicted molar refractivity (Wildman–Crippen MR) is 96.5 cm³/mol. The Hall–Kier alpha value is -1.56. The molecule has 4 rings (SSSR count). The van der Waals surface area contributed by atoms with Gasteiger partial charge in [-0.2, -0.15) is 5.10 Å². The minimum absolute atomic E-state index is 0.0370. The molecule has 25 heavy (non-hydrogen) atoms. The Morgan fingerprint density at radius 2 is 2.00 bits per heavy atom. The van der Waals surface area contributed by atoms with E-state index in [1.165, 1.54) is 32.1 Å². The molecule has 0 aromatic carbocycles. The van der Waals surface area contributed by atoms with Crippen molar-refractivity contribution in [2.24, 2.45) is 13.0 Å². The molecular formula is C19H30N4O2. The summed E-state index contributed by atoms with van der Waals surface area (Å²) in [7, 11) is 1.89. The normalized spacial score (nSPS) is 27.8. The number of urea groups is 1. The van der Waals surface area contributed by atoms with Crippen LogP contribution >= 0.6 is 0 Å². The van der Waals surface area contributed by atoms with Crippen LogP contribution in [0.15, 0.2) is 6.07 Å². The van der Waals surface area contributed by atoms with Crippen LogP contribution in [-0.4, -0.2) is 39.9 Å². The Kier molecular flexibility index (Phi) is 4.97. The van der Waals surface area contributed by atoms with Crippen molar-refractivity contribution in [2.45, 2.75) is 69.9 Å². The number of nitrogens with zero attached hydrogens (tertiary/aromatic N) is 3. The second-order valence-corrected chi connectivity index (χ2v) is 7.81. The molecule has 6 nitrogen and oxygen atoms in total. The molecule has 1 aromatic heterocycles. The average molecular weight is 346 g/mol. The van der Waals surface area contributed by atoms with Crippen molar-refractivity contribution in [2.75, 3.05) is 18.5 Å². The van der Waals surface area contributed by atoms with Crippen LogP contribution in [-0.2, 0) is 11.8 Å². The second-order valence-electron chi connectivity index (χ2n) is 7.81. The largest absolute Gasteiger partial charge is 0.372 e. The maximum atomic E-state index is 12.9. The van der Waals surface area contributed by atoms with Crippen LogP contribution in [0.4, 0.5) is 10.6 Å². The second kappa shape index (κ2) is 7.36. The first-order valence-electron chi connectivity index (χ1n) is 9.95. The Labute approximate surface area is 149 Å². The molecule has 0 radical (unpaired) electrons. The van der Waals surface area contributed by atoms with Gasteiger partial charge in [0.05, 0.1) is 5.69 Å². The highest BCUT2D eigenvalue weighted by molar-refractivity contribution is 5.89. The van der Waals surface area contributed by atoms with E-state index in [2.05, 4.69) is 15.3 Å². The molecule has 3 fully saturated rings. The fourth-order valence-electron chi connectivity index (χ4n) is 4.81. The molecule has 1 saturated carbocycles. The van der Waals surface area contributed by atoms with Crippen LogP contribution in [0.25, 0.3) is 0 Å². The van der Waals surface area contributed by atoms with Gasteiger partial charge >= 0.3 is 6.03 Å². The van der Waals surface area contributed by atoms with E-state index in [9.17, 15) is 4.79 Å². The van der Waals surface area contributed by atoms with Gasteiger partial charge in [0.2, 0.25) is 0 Å². The minimum atomic E-state index is 0.0370. The molecule has 3 aliphatic rings. The summed E-state index contributed by atoms with van der Waals surface area (Å²) < 4.78 is 7.47. The van der Waals surface area contributed by atoms with E-state index in [-0.39, 0.29) is 12.1 Å². The zero-order chi connectivity index (χ0) is 17.2. The Morgan fingerprint density at radius 3 is 2.76 bits per heavy atom. The average Bonchev–Trinajstić information content (AvgIpc) is 3.37. The molecule has 2 amide bonds. The molecule has 2 saturated heterocycles. The molecule has 0 unspecified atom stereocenters. The number of aryl methyl sites for hydroxylation is 1. The summed E-state index contributed by atoms with van der Waals surface area (Å²) in [5, 5.41) is 7.64. The van der Waals surface area contributed by atoms with Crippen molar-refractivity contribution >= 4 is 11.8 Å². The summed E-state index contributed by atoms with van der Waals surface area (Å²) >= 11 is 0. The molecule has 138 valence electrons. The smallest absolute Gasteiger partial charge is 0.323 e. The zero-order valence-corrected chi connectivity index (χ0v) is 15.2. The third kappa shape index (κ3) is 3.54. The molecule has 1 aliphatic carbocycles. The maximum absolute atomic E-state index is 12.9. The van der Waals surface area contributed by atoms with E-state index < -0.39 is 0 Å². The lowest BCUT2D eigenvalue weighted by Gasteiger charge is -2.34. The third-order valence-electron chi connectivity index (χ3n) is 6.15. The van der Waals surface area contributed by atoms with Gasteiger partial charge in [0.1, 0.15) is 11.9 Å². The first-order chi connectivity index (χ1) is 12.2. The van der Waals surface area contributed by atoms with Crippen LogP contribution in [0.2, 0.25) is 0 Å². The van der Waals surface area contributed by atoms with Gasteiger partial charge in [0, 0.05) is 32.3 Å². The molecule has 6 heteroatoms. The lowest BCUT2D eigenvalue weighted by Crippen LogP contribution is -2.43. The van der Waals surface area contributed by atoms with Gasteiger partial charge in [-0.05, 0) is 44.4 Å². The molecule has 1 N–H and O–H groups in total. The van der Waals surface area contributed by atoms with Crippen LogP contribution in [0, 0.1) is 5.92 Å². The quantitative estimate of drug-likeness (QED) is 0.904. The predicted octanol–water partition coefficient (Wildman–Crippen LogP) is 3.85. The SMILES string of the molecule is Cn1nc([C@@H]2CCCO2)cc1NC(=O)N1CCC[C@@H]1C1CCCCC1. The number of anilines is 1. The number of ether oxygens (including phenoxy) is 1. The summed E-state index contributed by atoms with van der Waals surface area (Å²) in [4.78, 5) is 15.0. The van der Waals surface area contributed by atoms with Gasteiger partial charge in [-0.15, -0.1) is 0 Å². The van der Waals surface area contributed by atoms with Gasteiger partial charge in [0.15, 0.2) is 0 Å². The summed E-state index contributed by atoms with van der Waals surface area (Å²) in [5.74, 6) is 1.46. The summed E-state index contributed by atoms with van der Waals surface area (Å²) in [6, 6.07) is 2.43. The van der Waals surface area contributed by atoms with E-state index in [1.807, 2.05) is 13.1 Å². The van der Waals surface area contributed by atoms with Crippen LogP contribution in [0.1, 0.15) is 69.6 Å². The molecule has 2 aliphatic heterocycles. The van der Waals surface area contributed by atoms with Gasteiger partial charge in [-0.1, -0.05) is 19.3 Å². The number of rotatable bonds is 3. The molecule has 1 aromatic rings. The van der Waals surface area contributed by atoms with Crippen molar-refractivity contribution in [1.82, 2.24) is 14.7 Å². The fraction of sp³-hybridized carbons (Fsp3) is 0.789. The fourth-order valence-corrected chi connectivity index (χ4v) is 4.81. The van der Waals surface area contributed by atoms with Gasteiger partial charge < -0.3 is 9.64 Å². The van der Waals surface area contributed by atoms with E-state index in [1.54, 1.807) is 4.68 Å². The van der Waals surface area contributed by atoms with Crippen molar-refractivity contribution in [3.63, 3.8) is 0 Å². The van der Waals surface area contributed by atoms with Crippen molar-refractivity contribution in [3.05, 3.63) is 11.8 Å². The Balaban J connectivity index is 1.42. The summed E-state index contributed by atoms with van der Waals surface area (Å²) in [5.41, 5.74) is 0.931. The number of aromatic nitrogens is 2. The molecule has 0 spiro atoms. The van der Waals surface area contributed by atoms with Gasteiger partial charge in [0.25, 0.3) is 0 Å². The highest BCUT2D eigenvalue weighted by atomic mass is 16.5. The molecule has 0 bridgehead atoms. The number of hydrogen-bond acceptors (Lipinski definition) is 3. The van der Waals surface area contributed by atoms with Crippen LogP contribution < -0.4 is 5.32 Å². The zero-order valence-electron chi connectivity index (χ0n) is 15.2. The first-order valence-corrected chi connectivity index (χ1v) is 9.95. The number of carbonyl (C=O) groups excluding carboxylic acids is 1. The molecule has 2 atom stereocenters. The minimum Gasteiger partial charge on any atom is -0.372 e. The van der Waals surface area contributed by atoms with Crippen molar-refractivity contribution < 1.29 is 9.53 Å². The highest BCUT2D eigenvalue weighted by Crippen LogP contribution is 2.35. The lowest BCUT2D eigenvalue weighted by molar-refractivity contribution is 0.108. The molecule has 3 heterocycles. The third-order valence-corrected chi connectivity index (χ3v) is 6.15. The standard InChI is InChI=1S/C19H30N4O2/c1-22-18(13-15(21-22)17-10-6-12-25-17)20-19(24)23-11-5-9-16(23)14-7-3-2-4-8-14/h13-14,16-17H,2-12H2,1H3,(H,20,24)/t16-,17+/m1/s1. The highest BCUT2D eigenvalue weighted by Gasteiger charge is 2.35. The number of amides is 2. The van der Waals surface area contributed by atoms with E-state index in [0.717, 1.165) is 50.3 Å². The summed E-state index contributed by atoms with van der Waals surface area (Å²) in [6.07, 6.45) is 11.0. The maximum Gasteiger partial charge on any atom is 0.323 e. The van der Waals surface area contributed by atoms with Crippen LogP contribution in [0.3, 0.4) is 0 Å². The first kappa shape index (κ1) is 16.9. The van der Waals surface area contributed by atoms with Crippen molar-refractivity contribution in [1.29, 1.82) is 0 Å². The van der Waals surface area contributed by atoms with Crippen LogP contribution in [0.5, 0.6) is 0 Å². The lowest BCUT2D eigenvalue weighted by atomic mass is 9.83. The number of carbonyl (C=O) groups is 1. The molecular weight excluding hydrogens is 316 g/mol. The van der Waals surface area contributed by atoms with E-state index in [4.69, 9.17) is 4.74 Å². The van der Waals surface area contributed by atoms with Gasteiger partial charge in [-0.3, -0.25) is 10.00 Å². The Bertz CT molecular complexity index is 603. The van der Waals surface area contributed by atoms with E-state index >= 15 is 0 Å². The monoisotopic (exact) mass is 346 g/mol. The topological polar surface area (TPSA) is 59.4 Å². The van der Waals surface area contributed by atoms with Gasteiger partial charge in [-0.25, -0.2) is 4.79 Å². The number of nitrogens with one attached hydrogen (secondary N) is 1. The number of hydrogen-bond donors (Lipinski definition) is 1.